The third-order valence-corrected chi connectivity index (χ3v) is 14.3. The van der Waals surface area contributed by atoms with Crippen LogP contribution in [0.25, 0.3) is 0 Å². The molecule has 1 aromatic rings. The van der Waals surface area contributed by atoms with Crippen molar-refractivity contribution in [2.24, 2.45) is 51.8 Å². The average Bonchev–Trinajstić information content (AvgIpc) is 3.20. The van der Waals surface area contributed by atoms with E-state index >= 15 is 0 Å². The molecule has 4 saturated carbocycles. The highest BCUT2D eigenvalue weighted by Gasteiger charge is 2.67. The molecule has 4 fully saturated rings. The molecular weight excluding hydrogens is 542 g/mol. The lowest BCUT2D eigenvalue weighted by atomic mass is 9.40. The van der Waals surface area contributed by atoms with Crippen molar-refractivity contribution in [3.05, 3.63) is 24.3 Å². The first-order valence-corrected chi connectivity index (χ1v) is 17.0. The number of fused-ring (bicyclic) bond motifs is 5. The van der Waals surface area contributed by atoms with Gasteiger partial charge in [-0.15, -0.1) is 0 Å². The summed E-state index contributed by atoms with van der Waals surface area (Å²) >= 11 is 0. The van der Waals surface area contributed by atoms with E-state index in [0.29, 0.717) is 17.8 Å². The van der Waals surface area contributed by atoms with Gasteiger partial charge in [-0.3, -0.25) is 0 Å². The standard InChI is InChI=1S/C32H49NO7S/c1-6-23-26-17-21(35)10-13-30(26,3)24-11-15-32(5)25(27(24)28(23)36)12-14-31(32,4)19(2)18-40-29(37)33-41(38,39)22-9-7-8-20(34)16-22/h7-9,16,19,21,23-28,34-36H,6,10-15,17-18H2,1-5H3,(H,33,37)/t19-,21-,23-,24?,25?,26?,27-,28-,30-,31?,32+/m1/s1. The predicted molar refractivity (Wildman–Crippen MR) is 155 cm³/mol. The summed E-state index contributed by atoms with van der Waals surface area (Å²) in [5, 5.41) is 32.1. The van der Waals surface area contributed by atoms with Gasteiger partial charge in [-0.1, -0.05) is 47.1 Å². The molecule has 8 nitrogen and oxygen atoms in total. The van der Waals surface area contributed by atoms with Crippen molar-refractivity contribution in [1.29, 1.82) is 0 Å². The van der Waals surface area contributed by atoms with Crippen LogP contribution in [0.15, 0.2) is 29.2 Å². The largest absolute Gasteiger partial charge is 0.508 e. The van der Waals surface area contributed by atoms with Gasteiger partial charge in [0.2, 0.25) is 0 Å². The summed E-state index contributed by atoms with van der Waals surface area (Å²) in [7, 11) is -4.17. The minimum atomic E-state index is -4.17. The minimum absolute atomic E-state index is 0.0147. The summed E-state index contributed by atoms with van der Waals surface area (Å²) in [6.07, 6.45) is 6.01. The van der Waals surface area contributed by atoms with E-state index in [4.69, 9.17) is 4.74 Å². The maximum atomic E-state index is 12.6. The van der Waals surface area contributed by atoms with Crippen LogP contribution in [-0.4, -0.2) is 48.6 Å². The Morgan fingerprint density at radius 2 is 1.78 bits per heavy atom. The van der Waals surface area contributed by atoms with Gasteiger partial charge in [0, 0.05) is 6.07 Å². The number of hydrogen-bond acceptors (Lipinski definition) is 7. The van der Waals surface area contributed by atoms with E-state index in [0.717, 1.165) is 57.4 Å². The van der Waals surface area contributed by atoms with Crippen molar-refractivity contribution in [2.75, 3.05) is 6.61 Å². The van der Waals surface area contributed by atoms with E-state index in [1.807, 2.05) is 4.72 Å². The van der Waals surface area contributed by atoms with Crippen LogP contribution < -0.4 is 4.72 Å². The number of sulfonamides is 1. The Morgan fingerprint density at radius 3 is 2.46 bits per heavy atom. The summed E-state index contributed by atoms with van der Waals surface area (Å²) in [5.74, 6) is 1.36. The summed E-state index contributed by atoms with van der Waals surface area (Å²) in [4.78, 5) is 12.4. The molecule has 0 heterocycles. The van der Waals surface area contributed by atoms with Crippen molar-refractivity contribution < 1.29 is 33.3 Å². The van der Waals surface area contributed by atoms with E-state index in [1.54, 1.807) is 0 Å². The lowest BCUT2D eigenvalue weighted by Crippen LogP contribution is -2.63. The SMILES string of the molecule is CC[C@@H]1C2C[C@H](O)CC[C@]2(C)C2CC[C@@]3(C)C(CCC3(C)[C@H](C)COC(=O)NS(=O)(=O)c3cccc(O)c3)[C@@H]2[C@@H]1O. The number of phenols is 1. The van der Waals surface area contributed by atoms with Crippen LogP contribution in [0.5, 0.6) is 5.75 Å². The summed E-state index contributed by atoms with van der Waals surface area (Å²) in [5.41, 5.74) is -0.0510. The fraction of sp³-hybridized carbons (Fsp3) is 0.781. The topological polar surface area (TPSA) is 133 Å². The fourth-order valence-electron chi connectivity index (χ4n) is 10.3. The van der Waals surface area contributed by atoms with Crippen LogP contribution in [0.1, 0.15) is 86.0 Å². The molecule has 1 aromatic carbocycles. The summed E-state index contributed by atoms with van der Waals surface area (Å²) < 4.78 is 32.6. The van der Waals surface area contributed by atoms with Gasteiger partial charge in [-0.25, -0.2) is 17.9 Å². The number of nitrogens with one attached hydrogen (secondary N) is 1. The second-order valence-corrected chi connectivity index (χ2v) is 16.1. The van der Waals surface area contributed by atoms with Gasteiger partial charge < -0.3 is 20.1 Å². The second-order valence-electron chi connectivity index (χ2n) is 14.4. The number of aliphatic hydroxyl groups excluding tert-OH is 2. The number of amides is 1. The number of ether oxygens (including phenoxy) is 1. The third-order valence-electron chi connectivity index (χ3n) is 13.0. The number of aliphatic hydroxyl groups is 2. The number of rotatable bonds is 6. The smallest absolute Gasteiger partial charge is 0.421 e. The molecule has 1 amide bonds. The quantitative estimate of drug-likeness (QED) is 0.345. The van der Waals surface area contributed by atoms with E-state index in [9.17, 15) is 28.5 Å². The zero-order chi connectivity index (χ0) is 30.0. The maximum absolute atomic E-state index is 12.6. The highest BCUT2D eigenvalue weighted by atomic mass is 32.2. The van der Waals surface area contributed by atoms with Crippen LogP contribution in [-0.2, 0) is 14.8 Å². The monoisotopic (exact) mass is 591 g/mol. The molecule has 0 radical (unpaired) electrons. The maximum Gasteiger partial charge on any atom is 0.421 e. The molecule has 4 aliphatic carbocycles. The molecule has 4 aliphatic rings. The Hall–Kier alpha value is -1.84. The van der Waals surface area contributed by atoms with E-state index in [2.05, 4.69) is 34.6 Å². The van der Waals surface area contributed by atoms with Crippen molar-refractivity contribution in [3.63, 3.8) is 0 Å². The number of aromatic hydroxyl groups is 1. The van der Waals surface area contributed by atoms with Gasteiger partial charge in [0.1, 0.15) is 5.75 Å². The zero-order valence-electron chi connectivity index (χ0n) is 25.2. The average molecular weight is 592 g/mol. The number of carbonyl (C=O) groups excluding carboxylic acids is 1. The molecule has 230 valence electrons. The third kappa shape index (κ3) is 4.88. The van der Waals surface area contributed by atoms with Crippen LogP contribution in [0.3, 0.4) is 0 Å². The van der Waals surface area contributed by atoms with Crippen molar-refractivity contribution >= 4 is 16.1 Å². The Kier molecular flexibility index (Phi) is 7.99. The summed E-state index contributed by atoms with van der Waals surface area (Å²) in [6.45, 7) is 11.5. The van der Waals surface area contributed by atoms with Crippen LogP contribution in [0.2, 0.25) is 0 Å². The molecule has 0 spiro atoms. The van der Waals surface area contributed by atoms with Crippen molar-refractivity contribution in [3.8, 4) is 5.75 Å². The van der Waals surface area contributed by atoms with Crippen LogP contribution in [0.4, 0.5) is 4.79 Å². The second kappa shape index (κ2) is 10.7. The molecule has 0 aliphatic heterocycles. The Labute approximate surface area is 245 Å². The summed E-state index contributed by atoms with van der Waals surface area (Å²) in [6, 6.07) is 5.13. The zero-order valence-corrected chi connectivity index (χ0v) is 26.0. The highest BCUT2D eigenvalue weighted by molar-refractivity contribution is 7.90. The molecule has 4 unspecified atom stereocenters. The molecule has 4 N–H and O–H groups in total. The number of hydrogen-bond donors (Lipinski definition) is 4. The van der Waals surface area contributed by atoms with Gasteiger partial charge in [0.15, 0.2) is 0 Å². The highest BCUT2D eigenvalue weighted by Crippen LogP contribution is 2.72. The number of benzene rings is 1. The molecule has 0 saturated heterocycles. The lowest BCUT2D eigenvalue weighted by molar-refractivity contribution is -0.210. The van der Waals surface area contributed by atoms with Gasteiger partial charge >= 0.3 is 6.09 Å². The molecule has 0 aromatic heterocycles. The Balaban J connectivity index is 1.31. The Bertz CT molecular complexity index is 1250. The van der Waals surface area contributed by atoms with E-state index in [1.165, 1.54) is 18.2 Å². The Morgan fingerprint density at radius 1 is 1.07 bits per heavy atom. The van der Waals surface area contributed by atoms with Crippen molar-refractivity contribution in [2.45, 2.75) is 103 Å². The fourth-order valence-corrected chi connectivity index (χ4v) is 11.2. The predicted octanol–water partition coefficient (Wildman–Crippen LogP) is 5.46. The van der Waals surface area contributed by atoms with Gasteiger partial charge in [-0.05, 0) is 109 Å². The number of carbonyl (C=O) groups is 1. The van der Waals surface area contributed by atoms with E-state index in [-0.39, 0.29) is 63.5 Å². The van der Waals surface area contributed by atoms with Crippen LogP contribution >= 0.6 is 0 Å². The molecule has 0 bridgehead atoms. The molecule has 5 rings (SSSR count). The molecular formula is C32H49NO7S. The normalized spacial score (nSPS) is 42.9. The lowest BCUT2D eigenvalue weighted by Gasteiger charge is -2.65. The van der Waals surface area contributed by atoms with E-state index < -0.39 is 16.1 Å². The van der Waals surface area contributed by atoms with Gasteiger partial charge in [0.05, 0.1) is 23.7 Å². The first-order valence-electron chi connectivity index (χ1n) is 15.5. The minimum Gasteiger partial charge on any atom is -0.508 e. The van der Waals surface area contributed by atoms with Gasteiger partial charge in [0.25, 0.3) is 10.0 Å². The molecule has 9 heteroatoms. The van der Waals surface area contributed by atoms with Gasteiger partial charge in [-0.2, -0.15) is 0 Å². The first kappa shape index (κ1) is 30.6. The molecule has 41 heavy (non-hydrogen) atoms. The number of phenolic OH excluding ortho intramolecular Hbond substituents is 1. The first-order chi connectivity index (χ1) is 19.2. The van der Waals surface area contributed by atoms with Crippen molar-refractivity contribution in [1.82, 2.24) is 4.72 Å². The molecule has 11 atom stereocenters. The van der Waals surface area contributed by atoms with Crippen LogP contribution in [0, 0.1) is 51.8 Å².